The van der Waals surface area contributed by atoms with Gasteiger partial charge in [-0.05, 0) is 41.3 Å². The van der Waals surface area contributed by atoms with Crippen LogP contribution in [0.5, 0.6) is 5.75 Å². The first-order valence-electron chi connectivity index (χ1n) is 6.52. The van der Waals surface area contributed by atoms with Gasteiger partial charge in [0.15, 0.2) is 0 Å². The summed E-state index contributed by atoms with van der Waals surface area (Å²) in [5.74, 6) is 2.32. The molecular weight excluding hydrogens is 236 g/mol. The Kier molecular flexibility index (Phi) is 4.39. The van der Waals surface area contributed by atoms with Crippen molar-refractivity contribution in [3.8, 4) is 5.75 Å². The molecule has 100 valence electrons. The number of anilines is 1. The largest absolute Gasteiger partial charge is 0.497 e. The van der Waals surface area contributed by atoms with Gasteiger partial charge < -0.3 is 10.1 Å². The van der Waals surface area contributed by atoms with Crippen LogP contribution in [-0.4, -0.2) is 12.1 Å². The van der Waals surface area contributed by atoms with E-state index in [-0.39, 0.29) is 0 Å². The van der Waals surface area contributed by atoms with Crippen LogP contribution in [-0.2, 0) is 6.54 Å². The van der Waals surface area contributed by atoms with Crippen molar-refractivity contribution in [1.82, 2.24) is 4.98 Å². The van der Waals surface area contributed by atoms with Gasteiger partial charge >= 0.3 is 0 Å². The molecular formula is C16H20N2O. The number of aromatic nitrogens is 1. The molecule has 0 fully saturated rings. The van der Waals surface area contributed by atoms with E-state index < -0.39 is 0 Å². The van der Waals surface area contributed by atoms with Gasteiger partial charge in [0.05, 0.1) is 7.11 Å². The molecule has 2 rings (SSSR count). The second-order valence-electron chi connectivity index (χ2n) is 4.83. The van der Waals surface area contributed by atoms with Crippen LogP contribution in [0.3, 0.4) is 0 Å². The van der Waals surface area contributed by atoms with Crippen molar-refractivity contribution in [1.29, 1.82) is 0 Å². The molecule has 2 aromatic rings. The normalized spacial score (nSPS) is 10.5. The number of nitrogens with one attached hydrogen (secondary N) is 1. The molecule has 0 amide bonds. The van der Waals surface area contributed by atoms with Crippen molar-refractivity contribution in [2.24, 2.45) is 0 Å². The summed E-state index contributed by atoms with van der Waals surface area (Å²) in [6, 6.07) is 12.2. The number of benzene rings is 1. The standard InChI is InChI=1S/C16H20N2O/c1-12(2)14-8-9-17-16(10-14)18-11-13-4-6-15(19-3)7-5-13/h4-10,12H,11H2,1-3H3,(H,17,18). The van der Waals surface area contributed by atoms with Gasteiger partial charge in [0, 0.05) is 12.7 Å². The smallest absolute Gasteiger partial charge is 0.126 e. The van der Waals surface area contributed by atoms with E-state index in [4.69, 9.17) is 4.74 Å². The molecule has 0 bridgehead atoms. The maximum atomic E-state index is 5.14. The van der Waals surface area contributed by atoms with Gasteiger partial charge in [-0.15, -0.1) is 0 Å². The number of methoxy groups -OCH3 is 1. The number of rotatable bonds is 5. The third-order valence-electron chi connectivity index (χ3n) is 3.08. The molecule has 1 heterocycles. The summed E-state index contributed by atoms with van der Waals surface area (Å²) in [5.41, 5.74) is 2.50. The third-order valence-corrected chi connectivity index (χ3v) is 3.08. The maximum Gasteiger partial charge on any atom is 0.126 e. The van der Waals surface area contributed by atoms with Gasteiger partial charge in [-0.25, -0.2) is 4.98 Å². The number of hydrogen-bond acceptors (Lipinski definition) is 3. The molecule has 0 saturated heterocycles. The number of nitrogens with zero attached hydrogens (tertiary/aromatic N) is 1. The second-order valence-corrected chi connectivity index (χ2v) is 4.83. The number of ether oxygens (including phenoxy) is 1. The summed E-state index contributed by atoms with van der Waals surface area (Å²) in [6.45, 7) is 5.13. The highest BCUT2D eigenvalue weighted by Gasteiger charge is 2.01. The minimum atomic E-state index is 0.518. The zero-order chi connectivity index (χ0) is 13.7. The highest BCUT2D eigenvalue weighted by molar-refractivity contribution is 5.40. The molecule has 1 aromatic carbocycles. The summed E-state index contributed by atoms with van der Waals surface area (Å²) in [6.07, 6.45) is 1.85. The van der Waals surface area contributed by atoms with Crippen LogP contribution in [0.25, 0.3) is 0 Å². The summed E-state index contributed by atoms with van der Waals surface area (Å²) in [5, 5.41) is 3.34. The van der Waals surface area contributed by atoms with E-state index >= 15 is 0 Å². The van der Waals surface area contributed by atoms with Crippen molar-refractivity contribution in [3.63, 3.8) is 0 Å². The van der Waals surface area contributed by atoms with Crippen LogP contribution in [0, 0.1) is 0 Å². The Morgan fingerprint density at radius 2 is 1.89 bits per heavy atom. The fourth-order valence-corrected chi connectivity index (χ4v) is 1.84. The molecule has 0 saturated carbocycles. The summed E-state index contributed by atoms with van der Waals surface area (Å²) >= 11 is 0. The maximum absolute atomic E-state index is 5.14. The van der Waals surface area contributed by atoms with E-state index in [1.54, 1.807) is 7.11 Å². The first kappa shape index (κ1) is 13.4. The van der Waals surface area contributed by atoms with E-state index in [1.165, 1.54) is 11.1 Å². The van der Waals surface area contributed by atoms with Crippen LogP contribution >= 0.6 is 0 Å². The lowest BCUT2D eigenvalue weighted by Crippen LogP contribution is -2.02. The molecule has 1 aromatic heterocycles. The van der Waals surface area contributed by atoms with E-state index in [2.05, 4.69) is 48.4 Å². The first-order valence-corrected chi connectivity index (χ1v) is 6.52. The first-order chi connectivity index (χ1) is 9.19. The van der Waals surface area contributed by atoms with Crippen LogP contribution in [0.2, 0.25) is 0 Å². The summed E-state index contributed by atoms with van der Waals surface area (Å²) in [4.78, 5) is 4.33. The number of pyridine rings is 1. The van der Waals surface area contributed by atoms with Crippen molar-refractivity contribution < 1.29 is 4.74 Å². The van der Waals surface area contributed by atoms with Gasteiger partial charge in [-0.1, -0.05) is 26.0 Å². The summed E-state index contributed by atoms with van der Waals surface area (Å²) < 4.78 is 5.14. The fourth-order valence-electron chi connectivity index (χ4n) is 1.84. The van der Waals surface area contributed by atoms with Gasteiger partial charge in [-0.3, -0.25) is 0 Å². The molecule has 19 heavy (non-hydrogen) atoms. The molecule has 0 unspecified atom stereocenters. The van der Waals surface area contributed by atoms with Gasteiger partial charge in [0.25, 0.3) is 0 Å². The van der Waals surface area contributed by atoms with Crippen LogP contribution in [0.4, 0.5) is 5.82 Å². The van der Waals surface area contributed by atoms with Gasteiger partial charge in [0.1, 0.15) is 11.6 Å². The Morgan fingerprint density at radius 1 is 1.16 bits per heavy atom. The molecule has 0 atom stereocenters. The SMILES string of the molecule is COc1ccc(CNc2cc(C(C)C)ccn2)cc1. The van der Waals surface area contributed by atoms with E-state index in [1.807, 2.05) is 18.3 Å². The molecule has 1 N–H and O–H groups in total. The molecule has 0 aliphatic heterocycles. The van der Waals surface area contributed by atoms with E-state index in [0.29, 0.717) is 5.92 Å². The lowest BCUT2D eigenvalue weighted by molar-refractivity contribution is 0.414. The second kappa shape index (κ2) is 6.23. The van der Waals surface area contributed by atoms with Crippen molar-refractivity contribution >= 4 is 5.82 Å². The van der Waals surface area contributed by atoms with E-state index in [9.17, 15) is 0 Å². The molecule has 0 aliphatic rings. The lowest BCUT2D eigenvalue weighted by Gasteiger charge is -2.09. The van der Waals surface area contributed by atoms with Gasteiger partial charge in [-0.2, -0.15) is 0 Å². The van der Waals surface area contributed by atoms with Crippen LogP contribution < -0.4 is 10.1 Å². The van der Waals surface area contributed by atoms with Gasteiger partial charge in [0.2, 0.25) is 0 Å². The monoisotopic (exact) mass is 256 g/mol. The average Bonchev–Trinajstić information content (AvgIpc) is 2.46. The average molecular weight is 256 g/mol. The molecule has 0 aliphatic carbocycles. The fraction of sp³-hybridized carbons (Fsp3) is 0.312. The summed E-state index contributed by atoms with van der Waals surface area (Å²) in [7, 11) is 1.68. The Labute approximate surface area is 114 Å². The van der Waals surface area contributed by atoms with Crippen molar-refractivity contribution in [3.05, 3.63) is 53.7 Å². The van der Waals surface area contributed by atoms with Crippen LogP contribution in [0.15, 0.2) is 42.6 Å². The van der Waals surface area contributed by atoms with Crippen molar-refractivity contribution in [2.75, 3.05) is 12.4 Å². The molecule has 3 nitrogen and oxygen atoms in total. The Bertz CT molecular complexity index is 521. The highest BCUT2D eigenvalue weighted by atomic mass is 16.5. The van der Waals surface area contributed by atoms with Crippen LogP contribution in [0.1, 0.15) is 30.9 Å². The minimum Gasteiger partial charge on any atom is -0.497 e. The van der Waals surface area contributed by atoms with E-state index in [0.717, 1.165) is 18.1 Å². The minimum absolute atomic E-state index is 0.518. The number of hydrogen-bond donors (Lipinski definition) is 1. The Balaban J connectivity index is 1.99. The Hall–Kier alpha value is -2.03. The Morgan fingerprint density at radius 3 is 2.53 bits per heavy atom. The quantitative estimate of drug-likeness (QED) is 0.883. The zero-order valence-electron chi connectivity index (χ0n) is 11.7. The zero-order valence-corrected chi connectivity index (χ0v) is 11.7. The molecule has 0 spiro atoms. The highest BCUT2D eigenvalue weighted by Crippen LogP contribution is 2.17. The van der Waals surface area contributed by atoms with Crippen molar-refractivity contribution in [2.45, 2.75) is 26.3 Å². The third kappa shape index (κ3) is 3.71. The molecule has 3 heteroatoms. The lowest BCUT2D eigenvalue weighted by atomic mass is 10.1. The predicted octanol–water partition coefficient (Wildman–Crippen LogP) is 3.83. The predicted molar refractivity (Wildman–Crippen MR) is 78.6 cm³/mol. The molecule has 0 radical (unpaired) electrons. The topological polar surface area (TPSA) is 34.1 Å².